The highest BCUT2D eigenvalue weighted by Gasteiger charge is 2.16. The molecule has 5 heteroatoms. The van der Waals surface area contributed by atoms with Gasteiger partial charge in [-0.15, -0.1) is 0 Å². The summed E-state index contributed by atoms with van der Waals surface area (Å²) in [6.07, 6.45) is 3.26. The van der Waals surface area contributed by atoms with Crippen molar-refractivity contribution in [3.8, 4) is 6.07 Å². The molecule has 0 bridgehead atoms. The average Bonchev–Trinajstić information content (AvgIpc) is 2.27. The van der Waals surface area contributed by atoms with Gasteiger partial charge in [-0.3, -0.25) is 0 Å². The largest absolute Gasteiger partial charge is 0.492 e. The van der Waals surface area contributed by atoms with Crippen molar-refractivity contribution >= 4 is 5.97 Å². The van der Waals surface area contributed by atoms with Crippen LogP contribution in [0.5, 0.6) is 0 Å². The Kier molecular flexibility index (Phi) is 7.27. The van der Waals surface area contributed by atoms with Crippen molar-refractivity contribution in [2.45, 2.75) is 13.8 Å². The molecule has 0 saturated heterocycles. The standard InChI is InChI=1S/C12H18N2O3/c1-5-16-11(7-8-14(3)4)10(9-13)12(15)17-6-2/h7-8H,5-6H2,1-4H3/b8-7+,11-10+. The first-order chi connectivity index (χ1) is 8.06. The lowest BCUT2D eigenvalue weighted by Gasteiger charge is -2.09. The highest BCUT2D eigenvalue weighted by molar-refractivity contribution is 5.93. The van der Waals surface area contributed by atoms with E-state index in [2.05, 4.69) is 0 Å². The molecule has 0 aliphatic heterocycles. The fourth-order valence-corrected chi connectivity index (χ4v) is 0.980. The summed E-state index contributed by atoms with van der Waals surface area (Å²) in [5.74, 6) is -0.441. The highest BCUT2D eigenvalue weighted by atomic mass is 16.5. The van der Waals surface area contributed by atoms with E-state index in [-0.39, 0.29) is 17.9 Å². The van der Waals surface area contributed by atoms with Crippen LogP contribution in [-0.4, -0.2) is 38.2 Å². The molecule has 0 aromatic rings. The van der Waals surface area contributed by atoms with E-state index in [4.69, 9.17) is 14.7 Å². The molecule has 0 saturated carbocycles. The number of carbonyl (C=O) groups is 1. The summed E-state index contributed by atoms with van der Waals surface area (Å²) in [6.45, 7) is 4.06. The Balaban J connectivity index is 5.17. The van der Waals surface area contributed by atoms with Crippen molar-refractivity contribution in [2.75, 3.05) is 27.3 Å². The number of nitrogens with zero attached hydrogens (tertiary/aromatic N) is 2. The predicted octanol–water partition coefficient (Wildman–Crippen LogP) is 1.44. The summed E-state index contributed by atoms with van der Waals surface area (Å²) < 4.78 is 10.0. The van der Waals surface area contributed by atoms with Gasteiger partial charge in [-0.25, -0.2) is 4.79 Å². The summed E-state index contributed by atoms with van der Waals surface area (Å²) in [6, 6.07) is 1.81. The van der Waals surface area contributed by atoms with Crippen LogP contribution < -0.4 is 0 Å². The van der Waals surface area contributed by atoms with E-state index in [1.54, 1.807) is 37.1 Å². The van der Waals surface area contributed by atoms with E-state index in [1.807, 2.05) is 14.1 Å². The lowest BCUT2D eigenvalue weighted by molar-refractivity contribution is -0.138. The number of hydrogen-bond acceptors (Lipinski definition) is 5. The maximum atomic E-state index is 11.5. The fraction of sp³-hybridized carbons (Fsp3) is 0.500. The minimum Gasteiger partial charge on any atom is -0.492 e. The van der Waals surface area contributed by atoms with Gasteiger partial charge in [0.2, 0.25) is 0 Å². The summed E-state index contributed by atoms with van der Waals surface area (Å²) in [5.41, 5.74) is -0.119. The Morgan fingerprint density at radius 2 is 1.88 bits per heavy atom. The molecule has 0 aliphatic rings. The van der Waals surface area contributed by atoms with E-state index < -0.39 is 5.97 Å². The Labute approximate surface area is 102 Å². The normalized spacial score (nSPS) is 11.7. The minimum atomic E-state index is -0.665. The summed E-state index contributed by atoms with van der Waals surface area (Å²) in [5, 5.41) is 8.95. The number of allylic oxidation sites excluding steroid dienone is 1. The Hall–Kier alpha value is -1.96. The van der Waals surface area contributed by atoms with Crippen molar-refractivity contribution in [1.82, 2.24) is 4.90 Å². The molecule has 0 heterocycles. The third kappa shape index (κ3) is 5.61. The molecule has 0 unspecified atom stereocenters. The van der Waals surface area contributed by atoms with Crippen molar-refractivity contribution in [2.24, 2.45) is 0 Å². The van der Waals surface area contributed by atoms with Gasteiger partial charge >= 0.3 is 5.97 Å². The number of rotatable bonds is 6. The minimum absolute atomic E-state index is 0.119. The Bertz CT molecular complexity index is 351. The van der Waals surface area contributed by atoms with Crippen LogP contribution in [0.4, 0.5) is 0 Å². The smallest absolute Gasteiger partial charge is 0.352 e. The van der Waals surface area contributed by atoms with Crippen molar-refractivity contribution in [3.05, 3.63) is 23.6 Å². The van der Waals surface area contributed by atoms with E-state index >= 15 is 0 Å². The molecule has 0 fully saturated rings. The molecule has 0 rings (SSSR count). The van der Waals surface area contributed by atoms with Crippen LogP contribution >= 0.6 is 0 Å². The van der Waals surface area contributed by atoms with Gasteiger partial charge in [0, 0.05) is 20.3 Å². The average molecular weight is 238 g/mol. The molecule has 0 aliphatic carbocycles. The number of nitriles is 1. The van der Waals surface area contributed by atoms with E-state index in [0.29, 0.717) is 6.61 Å². The van der Waals surface area contributed by atoms with E-state index in [0.717, 1.165) is 0 Å². The van der Waals surface area contributed by atoms with Crippen LogP contribution in [-0.2, 0) is 14.3 Å². The quantitative estimate of drug-likeness (QED) is 0.230. The number of carbonyl (C=O) groups excluding carboxylic acids is 1. The molecule has 0 N–H and O–H groups in total. The summed E-state index contributed by atoms with van der Waals surface area (Å²) in [4.78, 5) is 13.3. The molecule has 94 valence electrons. The molecule has 5 nitrogen and oxygen atoms in total. The second-order valence-corrected chi connectivity index (χ2v) is 3.28. The summed E-state index contributed by atoms with van der Waals surface area (Å²) >= 11 is 0. The van der Waals surface area contributed by atoms with Gasteiger partial charge in [-0.05, 0) is 19.9 Å². The van der Waals surface area contributed by atoms with Crippen LogP contribution in [0.15, 0.2) is 23.6 Å². The number of esters is 1. The maximum Gasteiger partial charge on any atom is 0.352 e. The molecule has 0 aromatic heterocycles. The predicted molar refractivity (Wildman–Crippen MR) is 63.7 cm³/mol. The SMILES string of the molecule is CCOC(=O)/C(C#N)=C(\C=C\N(C)C)OCC. The third-order valence-corrected chi connectivity index (χ3v) is 1.66. The van der Waals surface area contributed by atoms with Crippen molar-refractivity contribution < 1.29 is 14.3 Å². The van der Waals surface area contributed by atoms with Gasteiger partial charge in [0.1, 0.15) is 11.8 Å². The lowest BCUT2D eigenvalue weighted by atomic mass is 10.2. The molecule has 0 aromatic carbocycles. The monoisotopic (exact) mass is 238 g/mol. The van der Waals surface area contributed by atoms with Gasteiger partial charge in [0.05, 0.1) is 13.2 Å². The second kappa shape index (κ2) is 8.22. The van der Waals surface area contributed by atoms with Gasteiger partial charge < -0.3 is 14.4 Å². The van der Waals surface area contributed by atoms with Crippen LogP contribution in [0.3, 0.4) is 0 Å². The van der Waals surface area contributed by atoms with Crippen LogP contribution in [0, 0.1) is 11.3 Å². The van der Waals surface area contributed by atoms with Gasteiger partial charge in [0.25, 0.3) is 0 Å². The van der Waals surface area contributed by atoms with Crippen LogP contribution in [0.25, 0.3) is 0 Å². The van der Waals surface area contributed by atoms with Gasteiger partial charge in [-0.2, -0.15) is 5.26 Å². The summed E-state index contributed by atoms with van der Waals surface area (Å²) in [7, 11) is 3.66. The Morgan fingerprint density at radius 1 is 1.29 bits per heavy atom. The van der Waals surface area contributed by atoms with E-state index in [1.165, 1.54) is 0 Å². The molecule has 0 radical (unpaired) electrons. The fourth-order valence-electron chi connectivity index (χ4n) is 0.980. The molecule has 0 atom stereocenters. The highest BCUT2D eigenvalue weighted by Crippen LogP contribution is 2.10. The van der Waals surface area contributed by atoms with E-state index in [9.17, 15) is 4.79 Å². The zero-order chi connectivity index (χ0) is 13.3. The zero-order valence-electron chi connectivity index (χ0n) is 10.7. The second-order valence-electron chi connectivity index (χ2n) is 3.28. The molecular formula is C12H18N2O3. The maximum absolute atomic E-state index is 11.5. The molecule has 0 amide bonds. The Morgan fingerprint density at radius 3 is 2.29 bits per heavy atom. The van der Waals surface area contributed by atoms with Crippen LogP contribution in [0.2, 0.25) is 0 Å². The van der Waals surface area contributed by atoms with Crippen LogP contribution in [0.1, 0.15) is 13.8 Å². The first kappa shape index (κ1) is 15.0. The molecular weight excluding hydrogens is 220 g/mol. The van der Waals surface area contributed by atoms with Crippen molar-refractivity contribution in [3.63, 3.8) is 0 Å². The van der Waals surface area contributed by atoms with Gasteiger partial charge in [-0.1, -0.05) is 0 Å². The molecule has 0 spiro atoms. The first-order valence-electron chi connectivity index (χ1n) is 5.35. The van der Waals surface area contributed by atoms with Crippen molar-refractivity contribution in [1.29, 1.82) is 5.26 Å². The van der Waals surface area contributed by atoms with Gasteiger partial charge in [0.15, 0.2) is 5.57 Å². The zero-order valence-corrected chi connectivity index (χ0v) is 10.7. The first-order valence-corrected chi connectivity index (χ1v) is 5.35. The topological polar surface area (TPSA) is 62.6 Å². The third-order valence-electron chi connectivity index (χ3n) is 1.66. The molecule has 17 heavy (non-hydrogen) atoms. The number of hydrogen-bond donors (Lipinski definition) is 0. The number of ether oxygens (including phenoxy) is 2. The lowest BCUT2D eigenvalue weighted by Crippen LogP contribution is -2.10.